The van der Waals surface area contributed by atoms with E-state index in [4.69, 9.17) is 11.6 Å². The van der Waals surface area contributed by atoms with E-state index in [0.29, 0.717) is 0 Å². The van der Waals surface area contributed by atoms with Crippen molar-refractivity contribution in [2.45, 2.75) is 13.1 Å². The number of hydrogen-bond acceptors (Lipinski definition) is 2. The summed E-state index contributed by atoms with van der Waals surface area (Å²) in [5.41, 5.74) is 2.26. The van der Waals surface area contributed by atoms with Gasteiger partial charge in [0.05, 0.1) is 0 Å². The molecule has 0 aliphatic rings. The molecular formula is C11H12ClN3. The van der Waals surface area contributed by atoms with Crippen LogP contribution in [0.4, 0.5) is 0 Å². The van der Waals surface area contributed by atoms with Crippen LogP contribution in [0.2, 0.25) is 5.02 Å². The third-order valence-electron chi connectivity index (χ3n) is 2.09. The molecule has 2 rings (SSSR count). The van der Waals surface area contributed by atoms with Crippen LogP contribution in [0, 0.1) is 0 Å². The second kappa shape index (κ2) is 4.96. The smallest absolute Gasteiger partial charge is 0.0490 e. The molecule has 0 bridgehead atoms. The van der Waals surface area contributed by atoms with Crippen LogP contribution in [0.3, 0.4) is 0 Å². The highest BCUT2D eigenvalue weighted by atomic mass is 35.5. The molecule has 0 radical (unpaired) electrons. The number of halogens is 1. The van der Waals surface area contributed by atoms with Gasteiger partial charge in [0, 0.05) is 30.0 Å². The molecule has 0 amide bonds. The monoisotopic (exact) mass is 221 g/mol. The van der Waals surface area contributed by atoms with Gasteiger partial charge in [0.1, 0.15) is 0 Å². The number of hydrogen-bond donors (Lipinski definition) is 2. The van der Waals surface area contributed by atoms with Gasteiger partial charge in [-0.2, -0.15) is 5.10 Å². The van der Waals surface area contributed by atoms with Gasteiger partial charge in [-0.25, -0.2) is 0 Å². The first-order valence-electron chi connectivity index (χ1n) is 4.78. The lowest BCUT2D eigenvalue weighted by Crippen LogP contribution is -2.12. The zero-order chi connectivity index (χ0) is 10.5. The number of benzene rings is 1. The highest BCUT2D eigenvalue weighted by molar-refractivity contribution is 6.30. The molecule has 3 nitrogen and oxygen atoms in total. The van der Waals surface area contributed by atoms with Crippen LogP contribution in [-0.2, 0) is 13.1 Å². The number of nitrogens with zero attached hydrogens (tertiary/aromatic N) is 1. The van der Waals surface area contributed by atoms with E-state index < -0.39 is 0 Å². The highest BCUT2D eigenvalue weighted by Crippen LogP contribution is 2.10. The zero-order valence-electron chi connectivity index (χ0n) is 8.20. The SMILES string of the molecule is Clc1cccc(CNCc2ccn[nH]2)c1. The summed E-state index contributed by atoms with van der Waals surface area (Å²) in [6, 6.07) is 9.79. The minimum absolute atomic E-state index is 0.774. The molecular weight excluding hydrogens is 210 g/mol. The minimum atomic E-state index is 0.774. The van der Waals surface area contributed by atoms with Crippen LogP contribution >= 0.6 is 11.6 Å². The lowest BCUT2D eigenvalue weighted by molar-refractivity contribution is 0.677. The number of aromatic nitrogens is 2. The van der Waals surface area contributed by atoms with Crippen molar-refractivity contribution in [3.05, 3.63) is 52.8 Å². The summed E-state index contributed by atoms with van der Waals surface area (Å²) < 4.78 is 0. The maximum atomic E-state index is 5.88. The van der Waals surface area contributed by atoms with E-state index in [9.17, 15) is 0 Å². The lowest BCUT2D eigenvalue weighted by Gasteiger charge is -2.03. The summed E-state index contributed by atoms with van der Waals surface area (Å²) in [4.78, 5) is 0. The zero-order valence-corrected chi connectivity index (χ0v) is 8.96. The number of aromatic amines is 1. The van der Waals surface area contributed by atoms with E-state index in [1.165, 1.54) is 5.56 Å². The largest absolute Gasteiger partial charge is 0.307 e. The van der Waals surface area contributed by atoms with Gasteiger partial charge in [-0.1, -0.05) is 23.7 Å². The molecule has 0 fully saturated rings. The molecule has 0 atom stereocenters. The molecule has 1 aromatic heterocycles. The molecule has 1 heterocycles. The Balaban J connectivity index is 1.83. The van der Waals surface area contributed by atoms with Crippen molar-refractivity contribution < 1.29 is 0 Å². The molecule has 15 heavy (non-hydrogen) atoms. The van der Waals surface area contributed by atoms with Crippen molar-refractivity contribution in [1.29, 1.82) is 0 Å². The summed E-state index contributed by atoms with van der Waals surface area (Å²) in [5.74, 6) is 0. The Morgan fingerprint density at radius 1 is 1.27 bits per heavy atom. The number of nitrogens with one attached hydrogen (secondary N) is 2. The number of rotatable bonds is 4. The predicted octanol–water partition coefficient (Wildman–Crippen LogP) is 2.35. The Hall–Kier alpha value is -1.32. The van der Waals surface area contributed by atoms with E-state index in [0.717, 1.165) is 23.8 Å². The Kier molecular flexibility index (Phi) is 3.37. The highest BCUT2D eigenvalue weighted by Gasteiger charge is 1.95. The van der Waals surface area contributed by atoms with E-state index in [1.807, 2.05) is 30.3 Å². The molecule has 4 heteroatoms. The predicted molar refractivity (Wildman–Crippen MR) is 60.6 cm³/mol. The first-order chi connectivity index (χ1) is 7.34. The molecule has 2 N–H and O–H groups in total. The second-order valence-electron chi connectivity index (χ2n) is 3.32. The minimum Gasteiger partial charge on any atom is -0.307 e. The van der Waals surface area contributed by atoms with Crippen LogP contribution < -0.4 is 5.32 Å². The van der Waals surface area contributed by atoms with E-state index >= 15 is 0 Å². The Bertz CT molecular complexity index is 412. The molecule has 0 aliphatic heterocycles. The van der Waals surface area contributed by atoms with Gasteiger partial charge in [-0.05, 0) is 23.8 Å². The summed E-state index contributed by atoms with van der Waals surface area (Å²) in [5, 5.41) is 10.8. The lowest BCUT2D eigenvalue weighted by atomic mass is 10.2. The summed E-state index contributed by atoms with van der Waals surface area (Å²) in [6.45, 7) is 1.59. The van der Waals surface area contributed by atoms with E-state index in [1.54, 1.807) is 6.20 Å². The van der Waals surface area contributed by atoms with Gasteiger partial charge < -0.3 is 5.32 Å². The van der Waals surface area contributed by atoms with Crippen molar-refractivity contribution in [3.63, 3.8) is 0 Å². The fourth-order valence-electron chi connectivity index (χ4n) is 1.37. The van der Waals surface area contributed by atoms with Gasteiger partial charge in [-0.15, -0.1) is 0 Å². The fraction of sp³-hybridized carbons (Fsp3) is 0.182. The maximum Gasteiger partial charge on any atom is 0.0490 e. The first-order valence-corrected chi connectivity index (χ1v) is 5.16. The first kappa shape index (κ1) is 10.2. The topological polar surface area (TPSA) is 40.7 Å². The molecule has 1 aromatic carbocycles. The summed E-state index contributed by atoms with van der Waals surface area (Å²) >= 11 is 5.88. The van der Waals surface area contributed by atoms with Crippen LogP contribution in [0.5, 0.6) is 0 Å². The normalized spacial score (nSPS) is 10.5. The van der Waals surface area contributed by atoms with Gasteiger partial charge in [0.2, 0.25) is 0 Å². The Morgan fingerprint density at radius 2 is 2.20 bits per heavy atom. The van der Waals surface area contributed by atoms with Crippen LogP contribution in [-0.4, -0.2) is 10.2 Å². The van der Waals surface area contributed by atoms with Gasteiger partial charge in [-0.3, -0.25) is 5.10 Å². The molecule has 78 valence electrons. The van der Waals surface area contributed by atoms with Crippen molar-refractivity contribution in [2.75, 3.05) is 0 Å². The second-order valence-corrected chi connectivity index (χ2v) is 3.75. The van der Waals surface area contributed by atoms with Crippen LogP contribution in [0.25, 0.3) is 0 Å². The van der Waals surface area contributed by atoms with Crippen molar-refractivity contribution >= 4 is 11.6 Å². The maximum absolute atomic E-state index is 5.88. The molecule has 2 aromatic rings. The third kappa shape index (κ3) is 3.08. The van der Waals surface area contributed by atoms with E-state index in [2.05, 4.69) is 15.5 Å². The average Bonchev–Trinajstić information content (AvgIpc) is 2.71. The molecule has 0 aliphatic carbocycles. The van der Waals surface area contributed by atoms with Gasteiger partial charge >= 0.3 is 0 Å². The fourth-order valence-corrected chi connectivity index (χ4v) is 1.58. The molecule has 0 saturated heterocycles. The Labute approximate surface area is 93.5 Å². The standard InChI is InChI=1S/C11H12ClN3/c12-10-3-1-2-9(6-10)7-13-8-11-4-5-14-15-11/h1-6,13H,7-8H2,(H,14,15). The van der Waals surface area contributed by atoms with Crippen LogP contribution in [0.1, 0.15) is 11.3 Å². The van der Waals surface area contributed by atoms with Gasteiger partial charge in [0.25, 0.3) is 0 Å². The summed E-state index contributed by atoms with van der Waals surface area (Å²) in [7, 11) is 0. The molecule has 0 saturated carbocycles. The average molecular weight is 222 g/mol. The third-order valence-corrected chi connectivity index (χ3v) is 2.33. The Morgan fingerprint density at radius 3 is 2.93 bits per heavy atom. The van der Waals surface area contributed by atoms with Crippen molar-refractivity contribution in [3.8, 4) is 0 Å². The molecule has 0 unspecified atom stereocenters. The van der Waals surface area contributed by atoms with Crippen molar-refractivity contribution in [2.24, 2.45) is 0 Å². The van der Waals surface area contributed by atoms with Crippen LogP contribution in [0.15, 0.2) is 36.5 Å². The van der Waals surface area contributed by atoms with Gasteiger partial charge in [0.15, 0.2) is 0 Å². The molecule has 0 spiro atoms. The number of H-pyrrole nitrogens is 1. The van der Waals surface area contributed by atoms with E-state index in [-0.39, 0.29) is 0 Å². The van der Waals surface area contributed by atoms with Crippen molar-refractivity contribution in [1.82, 2.24) is 15.5 Å². The summed E-state index contributed by atoms with van der Waals surface area (Å²) in [6.07, 6.45) is 1.75. The quantitative estimate of drug-likeness (QED) is 0.832.